The third-order valence-electron chi connectivity index (χ3n) is 1.52. The van der Waals surface area contributed by atoms with Gasteiger partial charge in [0.25, 0.3) is 0 Å². The molecule has 0 unspecified atom stereocenters. The molecule has 0 bridgehead atoms. The monoisotopic (exact) mass is 177 g/mol. The zero-order chi connectivity index (χ0) is 8.97. The van der Waals surface area contributed by atoms with Crippen LogP contribution in [0.3, 0.4) is 0 Å². The molecule has 0 aliphatic heterocycles. The van der Waals surface area contributed by atoms with E-state index >= 15 is 0 Å². The van der Waals surface area contributed by atoms with Crippen molar-refractivity contribution in [2.45, 2.75) is 11.8 Å². The molecule has 1 aromatic rings. The van der Waals surface area contributed by atoms with Crippen molar-refractivity contribution in [2.24, 2.45) is 4.99 Å². The largest absolute Gasteiger partial charge is 0.260 e. The van der Waals surface area contributed by atoms with Gasteiger partial charge in [-0.1, -0.05) is 24.8 Å². The Morgan fingerprint density at radius 1 is 1.50 bits per heavy atom. The first-order chi connectivity index (χ1) is 5.79. The quantitative estimate of drug-likeness (QED) is 0.525. The molecule has 2 heteroatoms. The highest BCUT2D eigenvalue weighted by Gasteiger charge is 1.99. The maximum atomic E-state index is 4.29. The number of thiol groups is 1. The van der Waals surface area contributed by atoms with Gasteiger partial charge in [-0.2, -0.15) is 0 Å². The lowest BCUT2D eigenvalue weighted by molar-refractivity contribution is 1.37. The van der Waals surface area contributed by atoms with Crippen LogP contribution in [-0.4, -0.2) is 6.21 Å². The molecule has 0 radical (unpaired) electrons. The molecule has 0 aliphatic carbocycles. The Morgan fingerprint density at radius 2 is 2.25 bits per heavy atom. The third kappa shape index (κ3) is 1.77. The van der Waals surface area contributed by atoms with Crippen LogP contribution in [0.4, 0.5) is 5.69 Å². The lowest BCUT2D eigenvalue weighted by Crippen LogP contribution is -1.76. The van der Waals surface area contributed by atoms with E-state index in [-0.39, 0.29) is 0 Å². The maximum Gasteiger partial charge on any atom is 0.0830 e. The fourth-order valence-electron chi connectivity index (χ4n) is 0.983. The second kappa shape index (κ2) is 4.12. The second-order valence-corrected chi connectivity index (χ2v) is 2.79. The van der Waals surface area contributed by atoms with Gasteiger partial charge in [-0.3, -0.25) is 4.99 Å². The summed E-state index contributed by atoms with van der Waals surface area (Å²) in [6.07, 6.45) is 3.53. The van der Waals surface area contributed by atoms with Crippen molar-refractivity contribution in [1.29, 1.82) is 0 Å². The molecular formula is C10H11NS. The average molecular weight is 177 g/mol. The van der Waals surface area contributed by atoms with Crippen LogP contribution in [0.2, 0.25) is 0 Å². The van der Waals surface area contributed by atoms with E-state index in [0.717, 1.165) is 16.1 Å². The summed E-state index contributed by atoms with van der Waals surface area (Å²) in [6.45, 7) is 5.59. The molecule has 1 nitrogen and oxygen atoms in total. The molecule has 0 amide bonds. The van der Waals surface area contributed by atoms with E-state index in [9.17, 15) is 0 Å². The van der Waals surface area contributed by atoms with Crippen LogP contribution in [0.25, 0.3) is 6.08 Å². The topological polar surface area (TPSA) is 12.4 Å². The lowest BCUT2D eigenvalue weighted by atomic mass is 10.2. The van der Waals surface area contributed by atoms with E-state index in [1.165, 1.54) is 0 Å². The Hall–Kier alpha value is -1.02. The Kier molecular flexibility index (Phi) is 3.11. The van der Waals surface area contributed by atoms with Gasteiger partial charge in [0.05, 0.1) is 5.69 Å². The number of para-hydroxylation sites is 1. The fraction of sp³-hybridized carbons (Fsp3) is 0.100. The van der Waals surface area contributed by atoms with Crippen molar-refractivity contribution in [3.8, 4) is 0 Å². The molecule has 0 saturated carbocycles. The van der Waals surface area contributed by atoms with E-state index in [2.05, 4.69) is 24.2 Å². The van der Waals surface area contributed by atoms with Crippen LogP contribution in [-0.2, 0) is 0 Å². The van der Waals surface area contributed by atoms with Crippen LogP contribution in [0, 0.1) is 0 Å². The van der Waals surface area contributed by atoms with Gasteiger partial charge in [0, 0.05) is 16.7 Å². The summed E-state index contributed by atoms with van der Waals surface area (Å²) < 4.78 is 0. The highest BCUT2D eigenvalue weighted by molar-refractivity contribution is 7.80. The van der Waals surface area contributed by atoms with Crippen LogP contribution in [0.1, 0.15) is 12.5 Å². The molecular weight excluding hydrogens is 166 g/mol. The number of rotatable bonds is 2. The molecule has 0 spiro atoms. The van der Waals surface area contributed by atoms with Crippen LogP contribution < -0.4 is 0 Å². The molecule has 0 aliphatic rings. The Morgan fingerprint density at radius 3 is 2.83 bits per heavy atom. The number of aliphatic imine (C=N–C) groups is 1. The van der Waals surface area contributed by atoms with Crippen molar-refractivity contribution in [3.05, 3.63) is 30.3 Å². The average Bonchev–Trinajstić information content (AvgIpc) is 2.09. The van der Waals surface area contributed by atoms with Gasteiger partial charge in [-0.15, -0.1) is 12.6 Å². The van der Waals surface area contributed by atoms with E-state index in [0.29, 0.717) is 0 Å². The Bertz CT molecular complexity index is 316. The van der Waals surface area contributed by atoms with Gasteiger partial charge in [0.15, 0.2) is 0 Å². The van der Waals surface area contributed by atoms with Crippen molar-refractivity contribution in [2.75, 3.05) is 0 Å². The zero-order valence-corrected chi connectivity index (χ0v) is 7.88. The minimum Gasteiger partial charge on any atom is -0.260 e. The van der Waals surface area contributed by atoms with Crippen LogP contribution >= 0.6 is 12.6 Å². The molecule has 62 valence electrons. The maximum absolute atomic E-state index is 4.29. The normalized spacial score (nSPS) is 10.5. The van der Waals surface area contributed by atoms with Crippen molar-refractivity contribution >= 4 is 30.6 Å². The number of benzene rings is 1. The highest BCUT2D eigenvalue weighted by atomic mass is 32.1. The number of hydrogen-bond acceptors (Lipinski definition) is 2. The standard InChI is InChI=1S/C10H11NS/c1-3-8-6-5-7-9(12)10(8)11-4-2/h3-7,12H,1H2,2H3. The van der Waals surface area contributed by atoms with Crippen molar-refractivity contribution < 1.29 is 0 Å². The first kappa shape index (κ1) is 9.07. The fourth-order valence-corrected chi connectivity index (χ4v) is 1.26. The zero-order valence-electron chi connectivity index (χ0n) is 6.99. The summed E-state index contributed by atoms with van der Waals surface area (Å²) in [5.41, 5.74) is 1.90. The first-order valence-electron chi connectivity index (χ1n) is 3.72. The van der Waals surface area contributed by atoms with E-state index in [1.807, 2.05) is 25.1 Å². The van der Waals surface area contributed by atoms with Gasteiger partial charge in [-0.25, -0.2) is 0 Å². The minimum atomic E-state index is 0.880. The van der Waals surface area contributed by atoms with Crippen molar-refractivity contribution in [1.82, 2.24) is 0 Å². The summed E-state index contributed by atoms with van der Waals surface area (Å²) >= 11 is 4.29. The van der Waals surface area contributed by atoms with Gasteiger partial charge >= 0.3 is 0 Å². The molecule has 0 saturated heterocycles. The van der Waals surface area contributed by atoms with Gasteiger partial charge < -0.3 is 0 Å². The number of nitrogens with zero attached hydrogens (tertiary/aromatic N) is 1. The molecule has 0 N–H and O–H groups in total. The summed E-state index contributed by atoms with van der Waals surface area (Å²) in [6, 6.07) is 5.82. The summed E-state index contributed by atoms with van der Waals surface area (Å²) in [5.74, 6) is 0. The minimum absolute atomic E-state index is 0.880. The molecule has 0 heterocycles. The summed E-state index contributed by atoms with van der Waals surface area (Å²) in [4.78, 5) is 5.08. The summed E-state index contributed by atoms with van der Waals surface area (Å²) in [5, 5.41) is 0. The van der Waals surface area contributed by atoms with Gasteiger partial charge in [0.1, 0.15) is 0 Å². The van der Waals surface area contributed by atoms with E-state index < -0.39 is 0 Å². The van der Waals surface area contributed by atoms with E-state index in [4.69, 9.17) is 0 Å². The molecule has 0 atom stereocenters. The second-order valence-electron chi connectivity index (χ2n) is 2.31. The van der Waals surface area contributed by atoms with E-state index in [1.54, 1.807) is 12.3 Å². The smallest absolute Gasteiger partial charge is 0.0830 e. The molecule has 0 aromatic heterocycles. The molecule has 0 fully saturated rings. The third-order valence-corrected chi connectivity index (χ3v) is 1.88. The molecule has 12 heavy (non-hydrogen) atoms. The van der Waals surface area contributed by atoms with Gasteiger partial charge in [-0.05, 0) is 13.0 Å². The predicted octanol–water partition coefficient (Wildman–Crippen LogP) is 3.34. The SMILES string of the molecule is C=Cc1cccc(S)c1N=CC. The lowest BCUT2D eigenvalue weighted by Gasteiger charge is -2.02. The van der Waals surface area contributed by atoms with Gasteiger partial charge in [0.2, 0.25) is 0 Å². The Labute approximate surface area is 78.3 Å². The highest BCUT2D eigenvalue weighted by Crippen LogP contribution is 2.27. The number of hydrogen-bond donors (Lipinski definition) is 1. The predicted molar refractivity (Wildman–Crippen MR) is 57.6 cm³/mol. The van der Waals surface area contributed by atoms with Crippen LogP contribution in [0.5, 0.6) is 0 Å². The summed E-state index contributed by atoms with van der Waals surface area (Å²) in [7, 11) is 0. The van der Waals surface area contributed by atoms with Crippen LogP contribution in [0.15, 0.2) is 34.7 Å². The molecule has 1 rings (SSSR count). The van der Waals surface area contributed by atoms with Crippen molar-refractivity contribution in [3.63, 3.8) is 0 Å². The molecule has 1 aromatic carbocycles. The first-order valence-corrected chi connectivity index (χ1v) is 4.17. The Balaban J connectivity index is 3.28.